The van der Waals surface area contributed by atoms with Gasteiger partial charge in [-0.3, -0.25) is 9.59 Å². The number of aromatic nitrogens is 3. The molecule has 1 N–H and O–H groups in total. The lowest BCUT2D eigenvalue weighted by Crippen LogP contribution is -2.15. The van der Waals surface area contributed by atoms with Crippen LogP contribution < -0.4 is 10.9 Å². The molecule has 0 atom stereocenters. The maximum absolute atomic E-state index is 12.5. The SMILES string of the molecule is CCCc1nn2c(=O)cc(CSc3ccccc3NC(=O)CSc3ccccc3)nc2s1. The van der Waals surface area contributed by atoms with Crippen LogP contribution >= 0.6 is 34.9 Å². The van der Waals surface area contributed by atoms with Gasteiger partial charge >= 0.3 is 0 Å². The Balaban J connectivity index is 1.42. The lowest BCUT2D eigenvalue weighted by atomic mass is 10.3. The van der Waals surface area contributed by atoms with E-state index < -0.39 is 0 Å². The lowest BCUT2D eigenvalue weighted by Gasteiger charge is -2.10. The summed E-state index contributed by atoms with van der Waals surface area (Å²) in [6.45, 7) is 2.08. The van der Waals surface area contributed by atoms with Crippen molar-refractivity contribution in [2.75, 3.05) is 11.1 Å². The monoisotopic (exact) mass is 482 g/mol. The van der Waals surface area contributed by atoms with Crippen molar-refractivity contribution in [3.8, 4) is 0 Å². The summed E-state index contributed by atoms with van der Waals surface area (Å²) in [4.78, 5) is 32.1. The van der Waals surface area contributed by atoms with E-state index in [0.29, 0.717) is 22.2 Å². The molecule has 4 aromatic rings. The van der Waals surface area contributed by atoms with Gasteiger partial charge in [0, 0.05) is 28.0 Å². The van der Waals surface area contributed by atoms with Crippen LogP contribution in [0.15, 0.2) is 75.2 Å². The van der Waals surface area contributed by atoms with Gasteiger partial charge in [0.2, 0.25) is 10.9 Å². The highest BCUT2D eigenvalue weighted by molar-refractivity contribution is 8.00. The van der Waals surface area contributed by atoms with Gasteiger partial charge < -0.3 is 5.32 Å². The van der Waals surface area contributed by atoms with Crippen LogP contribution in [0.5, 0.6) is 0 Å². The first-order chi connectivity index (χ1) is 15.6. The molecule has 6 nitrogen and oxygen atoms in total. The molecule has 2 aromatic carbocycles. The minimum absolute atomic E-state index is 0.0576. The molecule has 32 heavy (non-hydrogen) atoms. The number of carbonyl (C=O) groups is 1. The summed E-state index contributed by atoms with van der Waals surface area (Å²) in [5, 5.41) is 8.27. The molecule has 0 unspecified atom stereocenters. The molecular formula is C23H22N4O2S3. The number of hydrogen-bond acceptors (Lipinski definition) is 7. The number of amides is 1. The van der Waals surface area contributed by atoms with Crippen molar-refractivity contribution in [3.63, 3.8) is 0 Å². The van der Waals surface area contributed by atoms with Gasteiger partial charge in [-0.15, -0.1) is 23.5 Å². The molecule has 4 rings (SSSR count). The number of nitrogens with zero attached hydrogens (tertiary/aromatic N) is 3. The number of rotatable bonds is 9. The van der Waals surface area contributed by atoms with Gasteiger partial charge in [0.15, 0.2) is 0 Å². The van der Waals surface area contributed by atoms with E-state index in [1.807, 2.05) is 54.6 Å². The third kappa shape index (κ3) is 5.79. The molecule has 164 valence electrons. The minimum atomic E-state index is -0.163. The van der Waals surface area contributed by atoms with Crippen molar-refractivity contribution >= 4 is 51.4 Å². The second-order valence-electron chi connectivity index (χ2n) is 6.96. The Morgan fingerprint density at radius 3 is 2.69 bits per heavy atom. The molecule has 0 saturated carbocycles. The number of fused-ring (bicyclic) bond motifs is 1. The number of benzene rings is 2. The maximum Gasteiger partial charge on any atom is 0.275 e. The van der Waals surface area contributed by atoms with Crippen LogP contribution in [0.25, 0.3) is 4.96 Å². The van der Waals surface area contributed by atoms with Crippen LogP contribution in [0.4, 0.5) is 5.69 Å². The van der Waals surface area contributed by atoms with Gasteiger partial charge in [0.05, 0.1) is 17.1 Å². The molecule has 0 aliphatic heterocycles. The first kappa shape index (κ1) is 22.6. The van der Waals surface area contributed by atoms with E-state index in [4.69, 9.17) is 0 Å². The molecule has 0 spiro atoms. The van der Waals surface area contributed by atoms with E-state index >= 15 is 0 Å². The molecule has 0 radical (unpaired) electrons. The van der Waals surface area contributed by atoms with E-state index in [-0.39, 0.29) is 11.5 Å². The third-order valence-corrected chi connectivity index (χ3v) is 7.54. The van der Waals surface area contributed by atoms with Crippen LogP contribution in [0, 0.1) is 0 Å². The Hall–Kier alpha value is -2.62. The molecule has 2 heterocycles. The molecule has 0 bridgehead atoms. The number of nitrogens with one attached hydrogen (secondary N) is 1. The predicted molar refractivity (Wildman–Crippen MR) is 133 cm³/mol. The Morgan fingerprint density at radius 2 is 1.88 bits per heavy atom. The Morgan fingerprint density at radius 1 is 1.09 bits per heavy atom. The Kier molecular flexibility index (Phi) is 7.62. The molecule has 1 amide bonds. The summed E-state index contributed by atoms with van der Waals surface area (Å²) >= 11 is 4.50. The van der Waals surface area contributed by atoms with Crippen molar-refractivity contribution in [2.24, 2.45) is 0 Å². The summed E-state index contributed by atoms with van der Waals surface area (Å²) in [7, 11) is 0. The summed E-state index contributed by atoms with van der Waals surface area (Å²) in [5.41, 5.74) is 1.30. The maximum atomic E-state index is 12.5. The van der Waals surface area contributed by atoms with Gasteiger partial charge in [-0.05, 0) is 30.7 Å². The molecule has 0 saturated heterocycles. The van der Waals surface area contributed by atoms with Gasteiger partial charge in [-0.2, -0.15) is 9.61 Å². The van der Waals surface area contributed by atoms with Gasteiger partial charge in [-0.1, -0.05) is 48.6 Å². The second kappa shape index (κ2) is 10.8. The highest BCUT2D eigenvalue weighted by Crippen LogP contribution is 2.30. The van der Waals surface area contributed by atoms with Gasteiger partial charge in [0.25, 0.3) is 5.56 Å². The molecule has 2 aromatic heterocycles. The standard InChI is InChI=1S/C23H22N4O2S3/c1-2-8-21-26-27-22(29)13-16(24-23(27)32-21)14-31-19-12-7-6-11-18(19)25-20(28)15-30-17-9-4-3-5-10-17/h3-7,9-13H,2,8,14-15H2,1H3,(H,25,28). The van der Waals surface area contributed by atoms with Crippen molar-refractivity contribution < 1.29 is 4.79 Å². The van der Waals surface area contributed by atoms with Crippen LogP contribution in [0.3, 0.4) is 0 Å². The van der Waals surface area contributed by atoms with Gasteiger partial charge in [-0.25, -0.2) is 4.98 Å². The van der Waals surface area contributed by atoms with Crippen molar-refractivity contribution in [3.05, 3.63) is 81.7 Å². The average molecular weight is 483 g/mol. The fourth-order valence-electron chi connectivity index (χ4n) is 2.98. The lowest BCUT2D eigenvalue weighted by molar-refractivity contribution is -0.113. The van der Waals surface area contributed by atoms with Crippen LogP contribution in [0.1, 0.15) is 24.0 Å². The van der Waals surface area contributed by atoms with Crippen LogP contribution in [-0.2, 0) is 17.0 Å². The average Bonchev–Trinajstić information content (AvgIpc) is 3.21. The number of aryl methyl sites for hydroxylation is 1. The Labute approximate surface area is 198 Å². The third-order valence-electron chi connectivity index (χ3n) is 4.45. The highest BCUT2D eigenvalue weighted by Gasteiger charge is 2.11. The van der Waals surface area contributed by atoms with Gasteiger partial charge in [0.1, 0.15) is 5.01 Å². The highest BCUT2D eigenvalue weighted by atomic mass is 32.2. The quantitative estimate of drug-likeness (QED) is 0.334. The summed E-state index contributed by atoms with van der Waals surface area (Å²) in [6.07, 6.45) is 1.82. The zero-order valence-electron chi connectivity index (χ0n) is 17.5. The fraction of sp³-hybridized carbons (Fsp3) is 0.217. The molecule has 9 heteroatoms. The normalized spacial score (nSPS) is 11.0. The summed E-state index contributed by atoms with van der Waals surface area (Å²) in [6, 6.07) is 19.1. The number of anilines is 1. The molecular weight excluding hydrogens is 460 g/mol. The fourth-order valence-corrected chi connectivity index (χ4v) is 5.62. The summed E-state index contributed by atoms with van der Waals surface area (Å²) in [5.74, 6) is 0.805. The smallest absolute Gasteiger partial charge is 0.275 e. The largest absolute Gasteiger partial charge is 0.324 e. The van der Waals surface area contributed by atoms with Crippen molar-refractivity contribution in [1.29, 1.82) is 0 Å². The predicted octanol–water partition coefficient (Wildman–Crippen LogP) is 5.13. The first-order valence-electron chi connectivity index (χ1n) is 10.2. The minimum Gasteiger partial charge on any atom is -0.324 e. The van der Waals surface area contributed by atoms with Crippen molar-refractivity contribution in [2.45, 2.75) is 35.3 Å². The zero-order chi connectivity index (χ0) is 22.3. The number of carbonyl (C=O) groups excluding carboxylic acids is 1. The zero-order valence-corrected chi connectivity index (χ0v) is 19.9. The van der Waals surface area contributed by atoms with E-state index in [1.165, 1.54) is 33.7 Å². The Bertz CT molecular complexity index is 1270. The van der Waals surface area contributed by atoms with Crippen LogP contribution in [-0.4, -0.2) is 26.3 Å². The first-order valence-corrected chi connectivity index (χ1v) is 13.0. The van der Waals surface area contributed by atoms with E-state index in [1.54, 1.807) is 11.8 Å². The summed E-state index contributed by atoms with van der Waals surface area (Å²) < 4.78 is 1.38. The van der Waals surface area contributed by atoms with E-state index in [2.05, 4.69) is 22.3 Å². The number of para-hydroxylation sites is 1. The van der Waals surface area contributed by atoms with E-state index in [0.717, 1.165) is 33.3 Å². The number of thioether (sulfide) groups is 2. The van der Waals surface area contributed by atoms with Crippen LogP contribution in [0.2, 0.25) is 0 Å². The van der Waals surface area contributed by atoms with E-state index in [9.17, 15) is 9.59 Å². The number of hydrogen-bond donors (Lipinski definition) is 1. The molecule has 0 aliphatic rings. The second-order valence-corrected chi connectivity index (χ2v) is 10.1. The molecule has 0 fully saturated rings. The topological polar surface area (TPSA) is 76.4 Å². The molecule has 0 aliphatic carbocycles. The van der Waals surface area contributed by atoms with Crippen molar-refractivity contribution in [1.82, 2.24) is 14.6 Å².